The van der Waals surface area contributed by atoms with Crippen LogP contribution in [0, 0.1) is 0 Å². The molecule has 0 radical (unpaired) electrons. The third-order valence-corrected chi connectivity index (χ3v) is 3.94. The van der Waals surface area contributed by atoms with E-state index in [1.165, 1.54) is 19.2 Å². The third kappa shape index (κ3) is 3.94. The highest BCUT2D eigenvalue weighted by Gasteiger charge is 2.17. The molecule has 7 heteroatoms. The van der Waals surface area contributed by atoms with Crippen LogP contribution in [0.3, 0.4) is 0 Å². The van der Waals surface area contributed by atoms with Crippen LogP contribution in [0.15, 0.2) is 23.1 Å². The number of ether oxygens (including phenoxy) is 1. The second-order valence-corrected chi connectivity index (χ2v) is 5.80. The number of rotatable bonds is 6. The van der Waals surface area contributed by atoms with Crippen molar-refractivity contribution in [3.63, 3.8) is 0 Å². The van der Waals surface area contributed by atoms with Crippen molar-refractivity contribution in [1.29, 1.82) is 0 Å². The molecule has 0 saturated carbocycles. The Hall–Kier alpha value is -1.60. The van der Waals surface area contributed by atoms with Gasteiger partial charge in [0.25, 0.3) is 0 Å². The number of hydrogen-bond donors (Lipinski definition) is 1. The number of methoxy groups -OCH3 is 1. The van der Waals surface area contributed by atoms with Crippen molar-refractivity contribution >= 4 is 15.9 Å². The Morgan fingerprint density at radius 1 is 1.30 bits per heavy atom. The zero-order valence-corrected chi connectivity index (χ0v) is 12.7. The number of sulfonamides is 1. The Balaban J connectivity index is 3.07. The zero-order valence-electron chi connectivity index (χ0n) is 11.9. The van der Waals surface area contributed by atoms with Crippen molar-refractivity contribution in [3.8, 4) is 5.75 Å². The third-order valence-electron chi connectivity index (χ3n) is 3.01. The van der Waals surface area contributed by atoms with E-state index in [-0.39, 0.29) is 23.0 Å². The molecule has 1 rings (SSSR count). The summed E-state index contributed by atoms with van der Waals surface area (Å²) in [6.07, 6.45) is 0.133. The molecular formula is C13H20N2O4S. The van der Waals surface area contributed by atoms with Gasteiger partial charge in [-0.05, 0) is 31.5 Å². The van der Waals surface area contributed by atoms with Gasteiger partial charge in [0, 0.05) is 13.1 Å². The van der Waals surface area contributed by atoms with Gasteiger partial charge in [-0.25, -0.2) is 13.6 Å². The van der Waals surface area contributed by atoms with E-state index in [0.29, 0.717) is 18.7 Å². The monoisotopic (exact) mass is 300 g/mol. The van der Waals surface area contributed by atoms with Crippen LogP contribution in [0.1, 0.15) is 19.4 Å². The van der Waals surface area contributed by atoms with Crippen LogP contribution in [0.25, 0.3) is 0 Å². The van der Waals surface area contributed by atoms with Gasteiger partial charge in [0.05, 0.1) is 13.5 Å². The number of hydrogen-bond acceptors (Lipinski definition) is 4. The largest absolute Gasteiger partial charge is 0.495 e. The number of primary sulfonamides is 1. The van der Waals surface area contributed by atoms with Crippen molar-refractivity contribution in [2.24, 2.45) is 5.14 Å². The molecule has 2 N–H and O–H groups in total. The van der Waals surface area contributed by atoms with E-state index in [9.17, 15) is 13.2 Å². The maximum atomic E-state index is 12.0. The molecule has 0 fully saturated rings. The molecule has 20 heavy (non-hydrogen) atoms. The summed E-state index contributed by atoms with van der Waals surface area (Å²) in [7, 11) is -2.52. The normalized spacial score (nSPS) is 11.2. The number of amides is 1. The van der Waals surface area contributed by atoms with Crippen molar-refractivity contribution in [2.75, 3.05) is 20.2 Å². The molecular weight excluding hydrogens is 280 g/mol. The summed E-state index contributed by atoms with van der Waals surface area (Å²) in [5, 5.41) is 5.14. The lowest BCUT2D eigenvalue weighted by atomic mass is 10.1. The molecule has 1 aromatic rings. The molecule has 0 unspecified atom stereocenters. The fourth-order valence-corrected chi connectivity index (χ4v) is 2.66. The first-order valence-corrected chi connectivity index (χ1v) is 7.85. The molecule has 0 spiro atoms. The first kappa shape index (κ1) is 16.5. The predicted molar refractivity (Wildman–Crippen MR) is 76.0 cm³/mol. The summed E-state index contributed by atoms with van der Waals surface area (Å²) >= 11 is 0. The Morgan fingerprint density at radius 3 is 2.35 bits per heavy atom. The highest BCUT2D eigenvalue weighted by atomic mass is 32.2. The lowest BCUT2D eigenvalue weighted by Gasteiger charge is -2.18. The summed E-state index contributed by atoms with van der Waals surface area (Å²) in [4.78, 5) is 13.6. The lowest BCUT2D eigenvalue weighted by Crippen LogP contribution is -2.31. The van der Waals surface area contributed by atoms with Gasteiger partial charge in [0.1, 0.15) is 10.6 Å². The molecule has 0 saturated heterocycles. The van der Waals surface area contributed by atoms with Crippen LogP contribution in [0.2, 0.25) is 0 Å². The maximum absolute atomic E-state index is 12.0. The van der Waals surface area contributed by atoms with E-state index in [1.807, 2.05) is 13.8 Å². The highest BCUT2D eigenvalue weighted by Crippen LogP contribution is 2.24. The molecule has 0 atom stereocenters. The van der Waals surface area contributed by atoms with Gasteiger partial charge in [-0.2, -0.15) is 0 Å². The van der Waals surface area contributed by atoms with Gasteiger partial charge < -0.3 is 9.64 Å². The summed E-state index contributed by atoms with van der Waals surface area (Å²) in [5.74, 6) is 0.118. The smallest absolute Gasteiger partial charge is 0.241 e. The summed E-state index contributed by atoms with van der Waals surface area (Å²) < 4.78 is 28.0. The quantitative estimate of drug-likeness (QED) is 0.839. The second-order valence-electron chi connectivity index (χ2n) is 4.27. The molecule has 0 heterocycles. The molecule has 0 aliphatic heterocycles. The minimum atomic E-state index is -3.89. The van der Waals surface area contributed by atoms with Crippen LogP contribution in [-0.2, 0) is 21.2 Å². The van der Waals surface area contributed by atoms with E-state index >= 15 is 0 Å². The number of nitrogens with two attached hydrogens (primary N) is 1. The van der Waals surface area contributed by atoms with Gasteiger partial charge in [0.15, 0.2) is 0 Å². The van der Waals surface area contributed by atoms with E-state index in [1.54, 1.807) is 11.0 Å². The van der Waals surface area contributed by atoms with Crippen LogP contribution in [0.4, 0.5) is 0 Å². The average Bonchev–Trinajstić information content (AvgIpc) is 2.39. The SMILES string of the molecule is CCN(CC)C(=O)Cc1ccc(OC)c(S(N)(=O)=O)c1. The minimum absolute atomic E-state index is 0.0551. The summed E-state index contributed by atoms with van der Waals surface area (Å²) in [6.45, 7) is 5.03. The summed E-state index contributed by atoms with van der Waals surface area (Å²) in [6, 6.07) is 4.55. The van der Waals surface area contributed by atoms with Gasteiger partial charge in [-0.15, -0.1) is 0 Å². The van der Waals surface area contributed by atoms with Gasteiger partial charge in [0.2, 0.25) is 15.9 Å². The van der Waals surface area contributed by atoms with E-state index in [2.05, 4.69) is 0 Å². The number of likely N-dealkylation sites (N-methyl/N-ethyl adjacent to an activating group) is 1. The molecule has 0 aromatic heterocycles. The first-order chi connectivity index (χ1) is 9.33. The minimum Gasteiger partial charge on any atom is -0.495 e. The van der Waals surface area contributed by atoms with Crippen molar-refractivity contribution in [2.45, 2.75) is 25.2 Å². The molecule has 0 aliphatic rings. The zero-order chi connectivity index (χ0) is 15.3. The standard InChI is InChI=1S/C13H20N2O4S/c1-4-15(5-2)13(16)9-10-6-7-11(19-3)12(8-10)20(14,17)18/h6-8H,4-5,9H2,1-3H3,(H2,14,17,18). The fourth-order valence-electron chi connectivity index (χ4n) is 1.92. The maximum Gasteiger partial charge on any atom is 0.241 e. The van der Waals surface area contributed by atoms with Gasteiger partial charge >= 0.3 is 0 Å². The number of benzene rings is 1. The Bertz CT molecular complexity index is 580. The fraction of sp³-hybridized carbons (Fsp3) is 0.462. The van der Waals surface area contributed by atoms with E-state index < -0.39 is 10.0 Å². The number of carbonyl (C=O) groups excluding carboxylic acids is 1. The van der Waals surface area contributed by atoms with E-state index in [4.69, 9.17) is 9.88 Å². The average molecular weight is 300 g/mol. The van der Waals surface area contributed by atoms with Crippen LogP contribution in [0.5, 0.6) is 5.75 Å². The summed E-state index contributed by atoms with van der Waals surface area (Å²) in [5.41, 5.74) is 0.590. The van der Waals surface area contributed by atoms with Crippen LogP contribution < -0.4 is 9.88 Å². The Labute approximate surface area is 119 Å². The molecule has 1 aromatic carbocycles. The predicted octanol–water partition coefficient (Wildman–Crippen LogP) is 0.754. The van der Waals surface area contributed by atoms with E-state index in [0.717, 1.165) is 0 Å². The first-order valence-electron chi connectivity index (χ1n) is 6.31. The second kappa shape index (κ2) is 6.71. The molecule has 0 bridgehead atoms. The van der Waals surface area contributed by atoms with Crippen molar-refractivity contribution in [3.05, 3.63) is 23.8 Å². The van der Waals surface area contributed by atoms with Crippen LogP contribution in [-0.4, -0.2) is 39.4 Å². The topological polar surface area (TPSA) is 89.7 Å². The number of carbonyl (C=O) groups is 1. The van der Waals surface area contributed by atoms with Crippen molar-refractivity contribution in [1.82, 2.24) is 4.90 Å². The molecule has 112 valence electrons. The lowest BCUT2D eigenvalue weighted by molar-refractivity contribution is -0.130. The van der Waals surface area contributed by atoms with Crippen molar-refractivity contribution < 1.29 is 17.9 Å². The Morgan fingerprint density at radius 2 is 1.90 bits per heavy atom. The Kier molecular flexibility index (Phi) is 5.52. The highest BCUT2D eigenvalue weighted by molar-refractivity contribution is 7.89. The number of nitrogens with zero attached hydrogens (tertiary/aromatic N) is 1. The van der Waals surface area contributed by atoms with Gasteiger partial charge in [-0.1, -0.05) is 6.07 Å². The van der Waals surface area contributed by atoms with Gasteiger partial charge in [-0.3, -0.25) is 4.79 Å². The molecule has 1 amide bonds. The van der Waals surface area contributed by atoms with Crippen LogP contribution >= 0.6 is 0 Å². The molecule has 0 aliphatic carbocycles. The molecule has 6 nitrogen and oxygen atoms in total.